The first-order valence-corrected chi connectivity index (χ1v) is 6.55. The molecule has 0 unspecified atom stereocenters. The van der Waals surface area contributed by atoms with Crippen molar-refractivity contribution in [3.63, 3.8) is 0 Å². The SMILES string of the molecule is Nc1ccccc1CS(=O)(=O)Nc1cn[nH]c1. The van der Waals surface area contributed by atoms with E-state index in [1.165, 1.54) is 12.4 Å². The van der Waals surface area contributed by atoms with Gasteiger partial charge in [0.1, 0.15) is 0 Å². The topological polar surface area (TPSA) is 101 Å². The summed E-state index contributed by atoms with van der Waals surface area (Å²) in [4.78, 5) is 0. The van der Waals surface area contributed by atoms with Crippen LogP contribution in [0.1, 0.15) is 5.56 Å². The van der Waals surface area contributed by atoms with Crippen LogP contribution in [-0.2, 0) is 15.8 Å². The molecule has 0 aliphatic rings. The molecule has 90 valence electrons. The Balaban J connectivity index is 2.16. The van der Waals surface area contributed by atoms with Crippen molar-refractivity contribution in [1.29, 1.82) is 0 Å². The number of nitrogens with two attached hydrogens (primary N) is 1. The molecule has 17 heavy (non-hydrogen) atoms. The Morgan fingerprint density at radius 2 is 2.12 bits per heavy atom. The van der Waals surface area contributed by atoms with E-state index in [0.717, 1.165) is 0 Å². The summed E-state index contributed by atoms with van der Waals surface area (Å²) in [5, 5.41) is 6.18. The molecule has 1 aromatic carbocycles. The molecule has 4 N–H and O–H groups in total. The van der Waals surface area contributed by atoms with E-state index in [1.54, 1.807) is 24.3 Å². The first-order valence-electron chi connectivity index (χ1n) is 4.89. The first-order chi connectivity index (χ1) is 8.07. The number of anilines is 2. The van der Waals surface area contributed by atoms with Crippen LogP contribution in [0.25, 0.3) is 0 Å². The lowest BCUT2D eigenvalue weighted by Crippen LogP contribution is -2.15. The molecule has 0 radical (unpaired) electrons. The van der Waals surface area contributed by atoms with Crippen LogP contribution in [-0.4, -0.2) is 18.6 Å². The van der Waals surface area contributed by atoms with Crippen molar-refractivity contribution < 1.29 is 8.42 Å². The second-order valence-electron chi connectivity index (χ2n) is 3.55. The summed E-state index contributed by atoms with van der Waals surface area (Å²) in [5.41, 5.74) is 7.13. The van der Waals surface area contributed by atoms with E-state index in [2.05, 4.69) is 14.9 Å². The number of rotatable bonds is 4. The maximum atomic E-state index is 11.8. The van der Waals surface area contributed by atoms with Crippen LogP contribution < -0.4 is 10.5 Å². The second-order valence-corrected chi connectivity index (χ2v) is 5.27. The average molecular weight is 252 g/mol. The van der Waals surface area contributed by atoms with Crippen molar-refractivity contribution in [2.45, 2.75) is 5.75 Å². The van der Waals surface area contributed by atoms with Crippen molar-refractivity contribution in [2.24, 2.45) is 0 Å². The summed E-state index contributed by atoms with van der Waals surface area (Å²) in [5.74, 6) is -0.162. The molecule has 2 rings (SSSR count). The normalized spacial score (nSPS) is 11.3. The molecule has 0 atom stereocenters. The number of H-pyrrole nitrogens is 1. The summed E-state index contributed by atoms with van der Waals surface area (Å²) < 4.78 is 26.0. The highest BCUT2D eigenvalue weighted by Crippen LogP contribution is 2.15. The van der Waals surface area contributed by atoms with Gasteiger partial charge in [-0.1, -0.05) is 18.2 Å². The zero-order valence-electron chi connectivity index (χ0n) is 8.92. The highest BCUT2D eigenvalue weighted by atomic mass is 32.2. The first kappa shape index (κ1) is 11.5. The van der Waals surface area contributed by atoms with E-state index in [1.807, 2.05) is 0 Å². The van der Waals surface area contributed by atoms with Gasteiger partial charge < -0.3 is 5.73 Å². The van der Waals surface area contributed by atoms with Crippen molar-refractivity contribution in [2.75, 3.05) is 10.5 Å². The summed E-state index contributed by atoms with van der Waals surface area (Å²) in [7, 11) is -3.47. The third kappa shape index (κ3) is 2.97. The number of aromatic amines is 1. The minimum Gasteiger partial charge on any atom is -0.398 e. The minimum atomic E-state index is -3.47. The van der Waals surface area contributed by atoms with Crippen LogP contribution in [0, 0.1) is 0 Å². The molecule has 1 heterocycles. The minimum absolute atomic E-state index is 0.162. The summed E-state index contributed by atoms with van der Waals surface area (Å²) in [6, 6.07) is 6.86. The van der Waals surface area contributed by atoms with Gasteiger partial charge in [0.05, 0.1) is 17.6 Å². The molecule has 0 spiro atoms. The molecule has 0 aliphatic carbocycles. The number of aromatic nitrogens is 2. The van der Waals surface area contributed by atoms with E-state index in [-0.39, 0.29) is 5.75 Å². The Hall–Kier alpha value is -2.02. The Labute approximate surface area is 98.9 Å². The van der Waals surface area contributed by atoms with Gasteiger partial charge in [-0.2, -0.15) is 5.10 Å². The summed E-state index contributed by atoms with van der Waals surface area (Å²) in [6.07, 6.45) is 2.86. The number of para-hydroxylation sites is 1. The van der Waals surface area contributed by atoms with Gasteiger partial charge >= 0.3 is 0 Å². The quantitative estimate of drug-likeness (QED) is 0.705. The van der Waals surface area contributed by atoms with E-state index < -0.39 is 10.0 Å². The van der Waals surface area contributed by atoms with E-state index in [4.69, 9.17) is 5.73 Å². The molecular weight excluding hydrogens is 240 g/mol. The summed E-state index contributed by atoms with van der Waals surface area (Å²) >= 11 is 0. The zero-order valence-corrected chi connectivity index (χ0v) is 9.74. The number of nitrogens with zero attached hydrogens (tertiary/aromatic N) is 1. The molecule has 1 aromatic heterocycles. The Morgan fingerprint density at radius 1 is 1.35 bits per heavy atom. The third-order valence-corrected chi connectivity index (χ3v) is 3.41. The van der Waals surface area contributed by atoms with Crippen molar-refractivity contribution in [1.82, 2.24) is 10.2 Å². The fraction of sp³-hybridized carbons (Fsp3) is 0.100. The molecular formula is C10H12N4O2S. The molecule has 0 amide bonds. The standard InChI is InChI=1S/C10H12N4O2S/c11-10-4-2-1-3-8(10)7-17(15,16)14-9-5-12-13-6-9/h1-6,14H,7,11H2,(H,12,13). The van der Waals surface area contributed by atoms with Gasteiger partial charge in [0.25, 0.3) is 0 Å². The number of benzene rings is 1. The summed E-state index contributed by atoms with van der Waals surface area (Å²) in [6.45, 7) is 0. The zero-order chi connectivity index (χ0) is 12.3. The van der Waals surface area contributed by atoms with Crippen LogP contribution in [0.2, 0.25) is 0 Å². The van der Waals surface area contributed by atoms with Crippen molar-refractivity contribution >= 4 is 21.4 Å². The van der Waals surface area contributed by atoms with Crippen LogP contribution >= 0.6 is 0 Å². The lowest BCUT2D eigenvalue weighted by Gasteiger charge is -2.07. The molecule has 0 saturated carbocycles. The molecule has 0 fully saturated rings. The fourth-order valence-corrected chi connectivity index (χ4v) is 2.61. The Kier molecular flexibility index (Phi) is 3.01. The lowest BCUT2D eigenvalue weighted by molar-refractivity contribution is 0.600. The van der Waals surface area contributed by atoms with E-state index in [9.17, 15) is 8.42 Å². The van der Waals surface area contributed by atoms with E-state index >= 15 is 0 Å². The monoisotopic (exact) mass is 252 g/mol. The maximum absolute atomic E-state index is 11.8. The average Bonchev–Trinajstić information content (AvgIpc) is 2.73. The van der Waals surface area contributed by atoms with Crippen LogP contribution in [0.5, 0.6) is 0 Å². The highest BCUT2D eigenvalue weighted by Gasteiger charge is 2.13. The van der Waals surface area contributed by atoms with Gasteiger partial charge in [0.2, 0.25) is 10.0 Å². The van der Waals surface area contributed by atoms with Gasteiger partial charge in [-0.05, 0) is 11.6 Å². The number of hydrogen-bond donors (Lipinski definition) is 3. The number of sulfonamides is 1. The largest absolute Gasteiger partial charge is 0.398 e. The molecule has 0 bridgehead atoms. The van der Waals surface area contributed by atoms with Crippen LogP contribution in [0.15, 0.2) is 36.7 Å². The van der Waals surface area contributed by atoms with Gasteiger partial charge in [-0.3, -0.25) is 9.82 Å². The Bertz CT molecular complexity index is 593. The predicted octanol–water partition coefficient (Wildman–Crippen LogP) is 0.934. The molecule has 6 nitrogen and oxygen atoms in total. The van der Waals surface area contributed by atoms with Gasteiger partial charge in [-0.15, -0.1) is 0 Å². The van der Waals surface area contributed by atoms with Crippen LogP contribution in [0.3, 0.4) is 0 Å². The predicted molar refractivity (Wildman–Crippen MR) is 65.7 cm³/mol. The van der Waals surface area contributed by atoms with Crippen molar-refractivity contribution in [3.05, 3.63) is 42.2 Å². The van der Waals surface area contributed by atoms with Crippen LogP contribution in [0.4, 0.5) is 11.4 Å². The molecule has 7 heteroatoms. The number of nitrogen functional groups attached to an aromatic ring is 1. The van der Waals surface area contributed by atoms with Gasteiger partial charge in [0.15, 0.2) is 0 Å². The maximum Gasteiger partial charge on any atom is 0.237 e. The number of hydrogen-bond acceptors (Lipinski definition) is 4. The third-order valence-electron chi connectivity index (χ3n) is 2.17. The molecule has 2 aromatic rings. The lowest BCUT2D eigenvalue weighted by atomic mass is 10.2. The van der Waals surface area contributed by atoms with E-state index in [0.29, 0.717) is 16.9 Å². The van der Waals surface area contributed by atoms with Gasteiger partial charge in [0, 0.05) is 11.9 Å². The molecule has 0 saturated heterocycles. The van der Waals surface area contributed by atoms with Gasteiger partial charge in [-0.25, -0.2) is 8.42 Å². The Morgan fingerprint density at radius 3 is 2.76 bits per heavy atom. The smallest absolute Gasteiger partial charge is 0.237 e. The second kappa shape index (κ2) is 4.46. The fourth-order valence-electron chi connectivity index (χ4n) is 1.39. The van der Waals surface area contributed by atoms with Crippen molar-refractivity contribution in [3.8, 4) is 0 Å². The molecule has 0 aliphatic heterocycles. The number of nitrogens with one attached hydrogen (secondary N) is 2. The highest BCUT2D eigenvalue weighted by molar-refractivity contribution is 7.91.